The minimum Gasteiger partial charge on any atom is -0.490 e. The van der Waals surface area contributed by atoms with Gasteiger partial charge in [-0.3, -0.25) is 4.79 Å². The van der Waals surface area contributed by atoms with Gasteiger partial charge in [0.2, 0.25) is 5.91 Å². The maximum atomic E-state index is 12.7. The number of likely N-dealkylation sites (tertiary alicyclic amines) is 1. The summed E-state index contributed by atoms with van der Waals surface area (Å²) in [6, 6.07) is 6.13. The molecule has 144 valence electrons. The van der Waals surface area contributed by atoms with E-state index in [0.29, 0.717) is 31.5 Å². The lowest BCUT2D eigenvalue weighted by Gasteiger charge is -2.19. The number of amides is 1. The van der Waals surface area contributed by atoms with Crippen molar-refractivity contribution in [3.8, 4) is 11.5 Å². The van der Waals surface area contributed by atoms with E-state index in [1.54, 1.807) is 0 Å². The highest BCUT2D eigenvalue weighted by Crippen LogP contribution is 2.37. The number of fused-ring (bicyclic) bond motifs is 1. The zero-order valence-corrected chi connectivity index (χ0v) is 16.1. The van der Waals surface area contributed by atoms with Gasteiger partial charge in [0.15, 0.2) is 11.5 Å². The molecule has 1 heterocycles. The molecule has 3 atom stereocenters. The summed E-state index contributed by atoms with van der Waals surface area (Å²) in [6.07, 6.45) is 4.56. The molecule has 26 heavy (non-hydrogen) atoms. The number of benzene rings is 1. The van der Waals surface area contributed by atoms with Crippen LogP contribution in [0.25, 0.3) is 0 Å². The van der Waals surface area contributed by atoms with Crippen LogP contribution in [0.4, 0.5) is 0 Å². The van der Waals surface area contributed by atoms with E-state index in [1.165, 1.54) is 0 Å². The lowest BCUT2D eigenvalue weighted by molar-refractivity contribution is -0.129. The molecule has 0 spiro atoms. The van der Waals surface area contributed by atoms with Gasteiger partial charge in [-0.1, -0.05) is 19.9 Å². The van der Waals surface area contributed by atoms with Crippen LogP contribution in [0.3, 0.4) is 0 Å². The summed E-state index contributed by atoms with van der Waals surface area (Å²) in [7, 11) is 0. The molecule has 1 saturated heterocycles. The summed E-state index contributed by atoms with van der Waals surface area (Å²) in [5.41, 5.74) is 7.17. The standard InChI is InChI=1S/C21H32N2O3/c1-3-9-25-19-8-5-15(11-20(19)26-10-4-2)12-21(24)23-13-16-6-7-18(22)17(16)14-23/h5,8,11,16-18H,3-4,6-7,9-10,12-14,22H2,1-2H3. The highest BCUT2D eigenvalue weighted by atomic mass is 16.5. The second-order valence-corrected chi connectivity index (χ2v) is 7.62. The van der Waals surface area contributed by atoms with Gasteiger partial charge < -0.3 is 20.1 Å². The summed E-state index contributed by atoms with van der Waals surface area (Å²) in [6.45, 7) is 7.16. The molecule has 5 heteroatoms. The van der Waals surface area contributed by atoms with Gasteiger partial charge in [0.1, 0.15) is 0 Å². The Balaban J connectivity index is 1.64. The second-order valence-electron chi connectivity index (χ2n) is 7.62. The van der Waals surface area contributed by atoms with Crippen molar-refractivity contribution >= 4 is 5.91 Å². The van der Waals surface area contributed by atoms with Gasteiger partial charge in [-0.25, -0.2) is 0 Å². The first-order chi connectivity index (χ1) is 12.6. The Morgan fingerprint density at radius 3 is 2.54 bits per heavy atom. The molecule has 1 amide bonds. The van der Waals surface area contributed by atoms with E-state index in [1.807, 2.05) is 23.1 Å². The zero-order valence-electron chi connectivity index (χ0n) is 16.1. The molecular formula is C21H32N2O3. The van der Waals surface area contributed by atoms with E-state index < -0.39 is 0 Å². The van der Waals surface area contributed by atoms with Crippen molar-refractivity contribution < 1.29 is 14.3 Å². The number of hydrogen-bond donors (Lipinski definition) is 1. The van der Waals surface area contributed by atoms with Crippen molar-refractivity contribution in [2.24, 2.45) is 17.6 Å². The smallest absolute Gasteiger partial charge is 0.227 e. The normalized spacial score (nSPS) is 24.6. The van der Waals surface area contributed by atoms with Crippen molar-refractivity contribution in [3.05, 3.63) is 23.8 Å². The van der Waals surface area contributed by atoms with E-state index in [2.05, 4.69) is 13.8 Å². The summed E-state index contributed by atoms with van der Waals surface area (Å²) in [4.78, 5) is 14.8. The molecule has 1 aromatic rings. The topological polar surface area (TPSA) is 64.8 Å². The molecule has 2 fully saturated rings. The fraction of sp³-hybridized carbons (Fsp3) is 0.667. The van der Waals surface area contributed by atoms with Crippen LogP contribution in [0.15, 0.2) is 18.2 Å². The number of carbonyl (C=O) groups excluding carboxylic acids is 1. The molecule has 0 aromatic heterocycles. The Hall–Kier alpha value is -1.75. The first-order valence-electron chi connectivity index (χ1n) is 10.0. The number of hydrogen-bond acceptors (Lipinski definition) is 4. The Kier molecular flexibility index (Phi) is 6.41. The fourth-order valence-electron chi connectivity index (χ4n) is 4.12. The van der Waals surface area contributed by atoms with Crippen LogP contribution in [0, 0.1) is 11.8 Å². The van der Waals surface area contributed by atoms with E-state index in [4.69, 9.17) is 15.2 Å². The van der Waals surface area contributed by atoms with Crippen LogP contribution in [-0.2, 0) is 11.2 Å². The number of carbonyl (C=O) groups is 1. The van der Waals surface area contributed by atoms with E-state index in [0.717, 1.165) is 55.8 Å². The summed E-state index contributed by atoms with van der Waals surface area (Å²) in [5, 5.41) is 0. The lowest BCUT2D eigenvalue weighted by atomic mass is 9.98. The largest absolute Gasteiger partial charge is 0.490 e. The average Bonchev–Trinajstić information content (AvgIpc) is 3.21. The third-order valence-corrected chi connectivity index (χ3v) is 5.55. The number of ether oxygens (including phenoxy) is 2. The van der Waals surface area contributed by atoms with Crippen molar-refractivity contribution in [2.75, 3.05) is 26.3 Å². The summed E-state index contributed by atoms with van der Waals surface area (Å²) < 4.78 is 11.6. The molecule has 2 aliphatic rings. The number of nitrogens with two attached hydrogens (primary N) is 1. The van der Waals surface area contributed by atoms with E-state index >= 15 is 0 Å². The highest BCUT2D eigenvalue weighted by Gasteiger charge is 2.42. The second kappa shape index (κ2) is 8.76. The van der Waals surface area contributed by atoms with Gasteiger partial charge in [0, 0.05) is 19.1 Å². The van der Waals surface area contributed by atoms with Crippen LogP contribution in [0.2, 0.25) is 0 Å². The van der Waals surface area contributed by atoms with Crippen LogP contribution in [0.1, 0.15) is 45.1 Å². The zero-order chi connectivity index (χ0) is 18.5. The fourth-order valence-corrected chi connectivity index (χ4v) is 4.12. The lowest BCUT2D eigenvalue weighted by Crippen LogP contribution is -2.34. The monoisotopic (exact) mass is 360 g/mol. The number of rotatable bonds is 8. The molecule has 3 unspecified atom stereocenters. The van der Waals surface area contributed by atoms with Crippen LogP contribution >= 0.6 is 0 Å². The third-order valence-electron chi connectivity index (χ3n) is 5.55. The van der Waals surface area contributed by atoms with Gasteiger partial charge >= 0.3 is 0 Å². The maximum Gasteiger partial charge on any atom is 0.227 e. The van der Waals surface area contributed by atoms with Crippen molar-refractivity contribution in [2.45, 2.75) is 52.0 Å². The molecule has 0 bridgehead atoms. The Labute approximate surface area is 156 Å². The molecule has 1 aliphatic heterocycles. The number of nitrogens with zero attached hydrogens (tertiary/aromatic N) is 1. The molecule has 5 nitrogen and oxygen atoms in total. The van der Waals surface area contributed by atoms with Gasteiger partial charge in [-0.05, 0) is 55.2 Å². The summed E-state index contributed by atoms with van der Waals surface area (Å²) in [5.74, 6) is 2.79. The molecule has 1 saturated carbocycles. The minimum atomic E-state index is 0.190. The first kappa shape index (κ1) is 19.0. The SMILES string of the molecule is CCCOc1ccc(CC(=O)N2CC3CCC(N)C3C2)cc1OCCC. The Morgan fingerprint density at radius 2 is 1.85 bits per heavy atom. The van der Waals surface area contributed by atoms with Crippen molar-refractivity contribution in [1.29, 1.82) is 0 Å². The van der Waals surface area contributed by atoms with Gasteiger partial charge in [0.25, 0.3) is 0 Å². The predicted octanol–water partition coefficient (Wildman–Crippen LogP) is 3.00. The first-order valence-corrected chi connectivity index (χ1v) is 10.0. The van der Waals surface area contributed by atoms with Crippen LogP contribution in [0.5, 0.6) is 11.5 Å². The van der Waals surface area contributed by atoms with Gasteiger partial charge in [-0.15, -0.1) is 0 Å². The molecule has 3 rings (SSSR count). The van der Waals surface area contributed by atoms with Gasteiger partial charge in [0.05, 0.1) is 19.6 Å². The summed E-state index contributed by atoms with van der Waals surface area (Å²) >= 11 is 0. The van der Waals surface area contributed by atoms with E-state index in [-0.39, 0.29) is 11.9 Å². The molecule has 0 radical (unpaired) electrons. The Bertz CT molecular complexity index is 619. The van der Waals surface area contributed by atoms with Crippen molar-refractivity contribution in [3.63, 3.8) is 0 Å². The minimum absolute atomic E-state index is 0.190. The molecule has 1 aliphatic carbocycles. The predicted molar refractivity (Wildman–Crippen MR) is 102 cm³/mol. The van der Waals surface area contributed by atoms with Crippen molar-refractivity contribution in [1.82, 2.24) is 4.90 Å². The third kappa shape index (κ3) is 4.32. The quantitative estimate of drug-likeness (QED) is 0.774. The highest BCUT2D eigenvalue weighted by molar-refractivity contribution is 5.79. The average molecular weight is 360 g/mol. The maximum absolute atomic E-state index is 12.7. The van der Waals surface area contributed by atoms with E-state index in [9.17, 15) is 4.79 Å². The van der Waals surface area contributed by atoms with Crippen LogP contribution < -0.4 is 15.2 Å². The molecular weight excluding hydrogens is 328 g/mol. The van der Waals surface area contributed by atoms with Crippen LogP contribution in [-0.4, -0.2) is 43.2 Å². The Morgan fingerprint density at radius 1 is 1.12 bits per heavy atom. The van der Waals surface area contributed by atoms with Gasteiger partial charge in [-0.2, -0.15) is 0 Å². The molecule has 1 aromatic carbocycles. The molecule has 2 N–H and O–H groups in total.